The predicted molar refractivity (Wildman–Crippen MR) is 78.3 cm³/mol. The van der Waals surface area contributed by atoms with Crippen molar-refractivity contribution >= 4 is 28.7 Å². The second kappa shape index (κ2) is 5.27. The quantitative estimate of drug-likeness (QED) is 0.798. The smallest absolute Gasteiger partial charge is 0.252 e. The standard InChI is InChI=1S/C13H16N4OS/c1-7-3-4-11(19-7)8(2)17-13-10(12(15)18)5-9(14)6-16-13/h3-6,8H,14H2,1-2H3,(H2,15,18)(H,16,17). The summed E-state index contributed by atoms with van der Waals surface area (Å²) in [6.45, 7) is 4.06. The van der Waals surface area contributed by atoms with Gasteiger partial charge in [-0.1, -0.05) is 0 Å². The zero-order valence-corrected chi connectivity index (χ0v) is 11.6. The lowest BCUT2D eigenvalue weighted by Gasteiger charge is -2.15. The number of anilines is 2. The van der Waals surface area contributed by atoms with Crippen LogP contribution in [0.4, 0.5) is 11.5 Å². The Morgan fingerprint density at radius 1 is 1.47 bits per heavy atom. The summed E-state index contributed by atoms with van der Waals surface area (Å²) < 4.78 is 0. The van der Waals surface area contributed by atoms with Gasteiger partial charge in [-0.3, -0.25) is 4.79 Å². The van der Waals surface area contributed by atoms with Crippen LogP contribution in [0.2, 0.25) is 0 Å². The van der Waals surface area contributed by atoms with Gasteiger partial charge in [0.2, 0.25) is 0 Å². The SMILES string of the molecule is Cc1ccc(C(C)Nc2ncc(N)cc2C(N)=O)s1. The van der Waals surface area contributed by atoms with Crippen molar-refractivity contribution in [3.05, 3.63) is 39.7 Å². The van der Waals surface area contributed by atoms with Crippen molar-refractivity contribution in [3.8, 4) is 0 Å². The highest BCUT2D eigenvalue weighted by Gasteiger charge is 2.14. The lowest BCUT2D eigenvalue weighted by atomic mass is 10.2. The molecule has 100 valence electrons. The molecule has 1 amide bonds. The number of nitrogens with zero attached hydrogens (tertiary/aromatic N) is 1. The average Bonchev–Trinajstić information content (AvgIpc) is 2.78. The number of aromatic nitrogens is 1. The maximum absolute atomic E-state index is 11.4. The molecule has 0 aliphatic carbocycles. The fraction of sp³-hybridized carbons (Fsp3) is 0.231. The molecule has 0 fully saturated rings. The molecule has 19 heavy (non-hydrogen) atoms. The molecule has 0 spiro atoms. The van der Waals surface area contributed by atoms with Gasteiger partial charge in [0.15, 0.2) is 0 Å². The average molecular weight is 276 g/mol. The first-order valence-electron chi connectivity index (χ1n) is 5.85. The predicted octanol–water partition coefficient (Wildman–Crippen LogP) is 2.31. The molecule has 0 saturated carbocycles. The van der Waals surface area contributed by atoms with Crippen LogP contribution in [0.15, 0.2) is 24.4 Å². The lowest BCUT2D eigenvalue weighted by molar-refractivity contribution is 0.100. The van der Waals surface area contributed by atoms with Crippen molar-refractivity contribution in [1.82, 2.24) is 4.98 Å². The third-order valence-electron chi connectivity index (χ3n) is 2.72. The van der Waals surface area contributed by atoms with Crippen LogP contribution in [0.5, 0.6) is 0 Å². The van der Waals surface area contributed by atoms with Crippen LogP contribution in [0.1, 0.15) is 33.1 Å². The Hall–Kier alpha value is -2.08. The Morgan fingerprint density at radius 2 is 2.21 bits per heavy atom. The summed E-state index contributed by atoms with van der Waals surface area (Å²) in [4.78, 5) is 17.9. The summed E-state index contributed by atoms with van der Waals surface area (Å²) in [5.41, 5.74) is 11.7. The molecule has 5 nitrogen and oxygen atoms in total. The van der Waals surface area contributed by atoms with Crippen molar-refractivity contribution < 1.29 is 4.79 Å². The van der Waals surface area contributed by atoms with E-state index in [2.05, 4.69) is 29.4 Å². The first kappa shape index (κ1) is 13.4. The summed E-state index contributed by atoms with van der Waals surface area (Å²) >= 11 is 1.70. The molecule has 1 atom stereocenters. The molecule has 5 N–H and O–H groups in total. The number of hydrogen-bond donors (Lipinski definition) is 3. The van der Waals surface area contributed by atoms with Crippen LogP contribution >= 0.6 is 11.3 Å². The van der Waals surface area contributed by atoms with Crippen molar-refractivity contribution in [2.75, 3.05) is 11.1 Å². The number of aryl methyl sites for hydroxylation is 1. The van der Waals surface area contributed by atoms with Crippen LogP contribution in [0, 0.1) is 6.92 Å². The summed E-state index contributed by atoms with van der Waals surface area (Å²) in [7, 11) is 0. The molecule has 0 radical (unpaired) electrons. The third kappa shape index (κ3) is 3.03. The van der Waals surface area contributed by atoms with E-state index < -0.39 is 5.91 Å². The zero-order valence-electron chi connectivity index (χ0n) is 10.8. The van der Waals surface area contributed by atoms with Crippen LogP contribution in [0.25, 0.3) is 0 Å². The molecule has 0 bridgehead atoms. The van der Waals surface area contributed by atoms with E-state index in [0.29, 0.717) is 17.1 Å². The van der Waals surface area contributed by atoms with Gasteiger partial charge in [-0.05, 0) is 32.0 Å². The summed E-state index contributed by atoms with van der Waals surface area (Å²) in [6, 6.07) is 5.69. The minimum Gasteiger partial charge on any atom is -0.397 e. The number of hydrogen-bond acceptors (Lipinski definition) is 5. The van der Waals surface area contributed by atoms with Gasteiger partial charge in [-0.2, -0.15) is 0 Å². The third-order valence-corrected chi connectivity index (χ3v) is 3.90. The maximum atomic E-state index is 11.4. The number of rotatable bonds is 4. The van der Waals surface area contributed by atoms with E-state index in [9.17, 15) is 4.79 Å². The molecule has 2 aromatic rings. The van der Waals surface area contributed by atoms with Crippen LogP contribution < -0.4 is 16.8 Å². The van der Waals surface area contributed by atoms with Crippen molar-refractivity contribution in [2.45, 2.75) is 19.9 Å². The molecule has 2 aromatic heterocycles. The van der Waals surface area contributed by atoms with E-state index in [4.69, 9.17) is 11.5 Å². The first-order valence-corrected chi connectivity index (χ1v) is 6.67. The molecular weight excluding hydrogens is 260 g/mol. The molecule has 0 aliphatic heterocycles. The van der Waals surface area contributed by atoms with Crippen molar-refractivity contribution in [2.24, 2.45) is 5.73 Å². The summed E-state index contributed by atoms with van der Waals surface area (Å²) in [6.07, 6.45) is 1.50. The van der Waals surface area contributed by atoms with Gasteiger partial charge < -0.3 is 16.8 Å². The van der Waals surface area contributed by atoms with Gasteiger partial charge >= 0.3 is 0 Å². The van der Waals surface area contributed by atoms with E-state index in [0.717, 1.165) is 0 Å². The van der Waals surface area contributed by atoms with Gasteiger partial charge in [0.05, 0.1) is 23.5 Å². The molecule has 0 saturated heterocycles. The van der Waals surface area contributed by atoms with Gasteiger partial charge in [-0.15, -0.1) is 11.3 Å². The van der Waals surface area contributed by atoms with Gasteiger partial charge in [-0.25, -0.2) is 4.98 Å². The molecule has 0 aliphatic rings. The number of carbonyl (C=O) groups is 1. The van der Waals surface area contributed by atoms with Crippen LogP contribution in [-0.2, 0) is 0 Å². The fourth-order valence-corrected chi connectivity index (χ4v) is 2.63. The van der Waals surface area contributed by atoms with E-state index >= 15 is 0 Å². The Balaban J connectivity index is 2.26. The van der Waals surface area contributed by atoms with Gasteiger partial charge in [0.1, 0.15) is 5.82 Å². The van der Waals surface area contributed by atoms with Gasteiger partial charge in [0, 0.05) is 9.75 Å². The highest BCUT2D eigenvalue weighted by Crippen LogP contribution is 2.26. The Bertz CT molecular complexity index is 608. The first-order chi connectivity index (χ1) is 8.97. The number of primary amides is 1. The molecule has 0 aromatic carbocycles. The van der Waals surface area contributed by atoms with E-state index in [1.165, 1.54) is 22.0 Å². The molecule has 1 unspecified atom stereocenters. The van der Waals surface area contributed by atoms with E-state index in [1.807, 2.05) is 6.92 Å². The summed E-state index contributed by atoms with van der Waals surface area (Å²) in [5, 5.41) is 3.19. The lowest BCUT2D eigenvalue weighted by Crippen LogP contribution is -2.17. The fourth-order valence-electron chi connectivity index (χ4n) is 1.75. The number of thiophene rings is 1. The van der Waals surface area contributed by atoms with Crippen molar-refractivity contribution in [3.63, 3.8) is 0 Å². The number of nitrogens with one attached hydrogen (secondary N) is 1. The monoisotopic (exact) mass is 276 g/mol. The number of nitrogen functional groups attached to an aromatic ring is 1. The number of pyridine rings is 1. The molecule has 2 heterocycles. The Labute approximate surface area is 115 Å². The second-order valence-corrected chi connectivity index (χ2v) is 5.66. The van der Waals surface area contributed by atoms with Crippen molar-refractivity contribution in [1.29, 1.82) is 0 Å². The minimum atomic E-state index is -0.545. The highest BCUT2D eigenvalue weighted by atomic mass is 32.1. The minimum absolute atomic E-state index is 0.0490. The normalized spacial score (nSPS) is 12.1. The number of amides is 1. The Kier molecular flexibility index (Phi) is 3.71. The molecular formula is C13H16N4OS. The topological polar surface area (TPSA) is 94.0 Å². The zero-order chi connectivity index (χ0) is 14.0. The van der Waals surface area contributed by atoms with E-state index in [-0.39, 0.29) is 6.04 Å². The van der Waals surface area contributed by atoms with Gasteiger partial charge in [0.25, 0.3) is 5.91 Å². The maximum Gasteiger partial charge on any atom is 0.252 e. The van der Waals surface area contributed by atoms with E-state index in [1.54, 1.807) is 11.3 Å². The Morgan fingerprint density at radius 3 is 2.79 bits per heavy atom. The summed E-state index contributed by atoms with van der Waals surface area (Å²) in [5.74, 6) is -0.0860. The van der Waals surface area contributed by atoms with Crippen LogP contribution in [-0.4, -0.2) is 10.9 Å². The highest BCUT2D eigenvalue weighted by molar-refractivity contribution is 7.12. The largest absolute Gasteiger partial charge is 0.397 e. The molecule has 2 rings (SSSR count). The number of nitrogens with two attached hydrogens (primary N) is 2. The molecule has 6 heteroatoms. The second-order valence-electron chi connectivity index (χ2n) is 4.34. The van der Waals surface area contributed by atoms with Crippen LogP contribution in [0.3, 0.4) is 0 Å². The number of carbonyl (C=O) groups excluding carboxylic acids is 1.